The summed E-state index contributed by atoms with van der Waals surface area (Å²) in [7, 11) is 1.94. The molecule has 0 atom stereocenters. The number of aryl methyl sites for hydroxylation is 2. The standard InChI is InChI=1S/C17H18N4/c1-13-5-3-4-6-15(13)11-18-16-9-7-14(8-10-16)17-20-19-12-21(17)2/h3-10,12,18H,11H2,1-2H3. The Morgan fingerprint density at radius 3 is 2.48 bits per heavy atom. The lowest BCUT2D eigenvalue weighted by Gasteiger charge is -2.09. The predicted molar refractivity (Wildman–Crippen MR) is 84.9 cm³/mol. The number of aromatic nitrogens is 3. The van der Waals surface area contributed by atoms with Gasteiger partial charge in [-0.05, 0) is 42.3 Å². The molecule has 0 spiro atoms. The maximum Gasteiger partial charge on any atom is 0.163 e. The van der Waals surface area contributed by atoms with E-state index >= 15 is 0 Å². The SMILES string of the molecule is Cc1ccccc1CNc1ccc(-c2nncn2C)cc1. The Labute approximate surface area is 124 Å². The molecule has 106 valence electrons. The second-order valence-electron chi connectivity index (χ2n) is 5.12. The third kappa shape index (κ3) is 2.94. The van der Waals surface area contributed by atoms with Gasteiger partial charge in [0.15, 0.2) is 5.82 Å². The summed E-state index contributed by atoms with van der Waals surface area (Å²) in [6.45, 7) is 2.96. The van der Waals surface area contributed by atoms with Gasteiger partial charge in [0.1, 0.15) is 6.33 Å². The van der Waals surface area contributed by atoms with Crippen molar-refractivity contribution in [3.63, 3.8) is 0 Å². The van der Waals surface area contributed by atoms with E-state index in [1.165, 1.54) is 11.1 Å². The molecular weight excluding hydrogens is 260 g/mol. The highest BCUT2D eigenvalue weighted by Crippen LogP contribution is 2.19. The number of hydrogen-bond acceptors (Lipinski definition) is 3. The van der Waals surface area contributed by atoms with E-state index < -0.39 is 0 Å². The first-order valence-electron chi connectivity index (χ1n) is 6.97. The van der Waals surface area contributed by atoms with Crippen LogP contribution in [0.2, 0.25) is 0 Å². The molecule has 4 heteroatoms. The normalized spacial score (nSPS) is 10.6. The van der Waals surface area contributed by atoms with Crippen molar-refractivity contribution in [2.75, 3.05) is 5.32 Å². The van der Waals surface area contributed by atoms with Crippen molar-refractivity contribution in [2.24, 2.45) is 7.05 Å². The average Bonchev–Trinajstić information content (AvgIpc) is 2.93. The summed E-state index contributed by atoms with van der Waals surface area (Å²) >= 11 is 0. The summed E-state index contributed by atoms with van der Waals surface area (Å²) in [4.78, 5) is 0. The number of nitrogens with zero attached hydrogens (tertiary/aromatic N) is 3. The van der Waals surface area contributed by atoms with Crippen molar-refractivity contribution in [1.29, 1.82) is 0 Å². The van der Waals surface area contributed by atoms with Gasteiger partial charge in [-0.2, -0.15) is 0 Å². The molecule has 0 amide bonds. The summed E-state index contributed by atoms with van der Waals surface area (Å²) in [5.74, 6) is 0.875. The van der Waals surface area contributed by atoms with Crippen molar-refractivity contribution < 1.29 is 0 Å². The number of anilines is 1. The van der Waals surface area contributed by atoms with E-state index in [-0.39, 0.29) is 0 Å². The Bertz CT molecular complexity index is 729. The van der Waals surface area contributed by atoms with Crippen molar-refractivity contribution in [3.05, 3.63) is 66.0 Å². The molecule has 4 nitrogen and oxygen atoms in total. The van der Waals surface area contributed by atoms with Gasteiger partial charge in [-0.3, -0.25) is 0 Å². The number of hydrogen-bond donors (Lipinski definition) is 1. The largest absolute Gasteiger partial charge is 0.381 e. The molecule has 0 aliphatic carbocycles. The molecule has 1 heterocycles. The number of nitrogens with one attached hydrogen (secondary N) is 1. The van der Waals surface area contributed by atoms with Crippen LogP contribution in [0.1, 0.15) is 11.1 Å². The monoisotopic (exact) mass is 278 g/mol. The molecule has 1 N–H and O–H groups in total. The van der Waals surface area contributed by atoms with Crippen LogP contribution in [0.4, 0.5) is 5.69 Å². The third-order valence-electron chi connectivity index (χ3n) is 3.60. The minimum absolute atomic E-state index is 0.829. The van der Waals surface area contributed by atoms with Gasteiger partial charge in [0, 0.05) is 24.8 Å². The molecule has 2 aromatic carbocycles. The zero-order valence-electron chi connectivity index (χ0n) is 12.2. The van der Waals surface area contributed by atoms with Crippen LogP contribution in [0.15, 0.2) is 54.9 Å². The van der Waals surface area contributed by atoms with Gasteiger partial charge in [0.25, 0.3) is 0 Å². The second-order valence-corrected chi connectivity index (χ2v) is 5.12. The Balaban J connectivity index is 1.71. The van der Waals surface area contributed by atoms with Gasteiger partial charge < -0.3 is 9.88 Å². The van der Waals surface area contributed by atoms with Crippen molar-refractivity contribution in [1.82, 2.24) is 14.8 Å². The van der Waals surface area contributed by atoms with Crippen molar-refractivity contribution in [3.8, 4) is 11.4 Å². The summed E-state index contributed by atoms with van der Waals surface area (Å²) in [6, 6.07) is 16.7. The highest BCUT2D eigenvalue weighted by molar-refractivity contribution is 5.59. The smallest absolute Gasteiger partial charge is 0.163 e. The highest BCUT2D eigenvalue weighted by atomic mass is 15.2. The Morgan fingerprint density at radius 1 is 1.05 bits per heavy atom. The molecule has 1 aromatic heterocycles. The lowest BCUT2D eigenvalue weighted by molar-refractivity contribution is 0.920. The van der Waals surface area contributed by atoms with Crippen molar-refractivity contribution >= 4 is 5.69 Å². The van der Waals surface area contributed by atoms with E-state index in [0.717, 1.165) is 23.6 Å². The van der Waals surface area contributed by atoms with Gasteiger partial charge in [0.2, 0.25) is 0 Å². The maximum absolute atomic E-state index is 4.11. The van der Waals surface area contributed by atoms with E-state index in [0.29, 0.717) is 0 Å². The van der Waals surface area contributed by atoms with E-state index in [9.17, 15) is 0 Å². The quantitative estimate of drug-likeness (QED) is 0.795. The number of rotatable bonds is 4. The fourth-order valence-corrected chi connectivity index (χ4v) is 2.29. The molecule has 3 rings (SSSR count). The van der Waals surface area contributed by atoms with Crippen LogP contribution >= 0.6 is 0 Å². The molecule has 0 unspecified atom stereocenters. The Hall–Kier alpha value is -2.62. The molecular formula is C17H18N4. The molecule has 0 saturated carbocycles. The Morgan fingerprint density at radius 2 is 1.81 bits per heavy atom. The van der Waals surface area contributed by atoms with Gasteiger partial charge in [0.05, 0.1) is 0 Å². The summed E-state index contributed by atoms with van der Waals surface area (Å²) in [5, 5.41) is 11.5. The zero-order chi connectivity index (χ0) is 14.7. The van der Waals surface area contributed by atoms with E-state index in [2.05, 4.69) is 71.0 Å². The van der Waals surface area contributed by atoms with Gasteiger partial charge in [-0.15, -0.1) is 10.2 Å². The lowest BCUT2D eigenvalue weighted by Crippen LogP contribution is -2.01. The molecule has 0 aliphatic rings. The molecule has 0 radical (unpaired) electrons. The van der Waals surface area contributed by atoms with Crippen LogP contribution in [-0.2, 0) is 13.6 Å². The van der Waals surface area contributed by atoms with Crippen LogP contribution in [-0.4, -0.2) is 14.8 Å². The first-order valence-corrected chi connectivity index (χ1v) is 6.97. The highest BCUT2D eigenvalue weighted by Gasteiger charge is 2.04. The van der Waals surface area contributed by atoms with Crippen LogP contribution in [0.25, 0.3) is 11.4 Å². The summed E-state index contributed by atoms with van der Waals surface area (Å²) in [5.41, 5.74) is 4.79. The topological polar surface area (TPSA) is 42.7 Å². The first kappa shape index (κ1) is 13.4. The Kier molecular flexibility index (Phi) is 3.69. The third-order valence-corrected chi connectivity index (χ3v) is 3.60. The number of benzene rings is 2. The van der Waals surface area contributed by atoms with E-state index in [1.54, 1.807) is 6.33 Å². The van der Waals surface area contributed by atoms with Gasteiger partial charge >= 0.3 is 0 Å². The summed E-state index contributed by atoms with van der Waals surface area (Å²) < 4.78 is 1.91. The minimum atomic E-state index is 0.829. The van der Waals surface area contributed by atoms with E-state index in [1.807, 2.05) is 11.6 Å². The van der Waals surface area contributed by atoms with Crippen LogP contribution in [0.5, 0.6) is 0 Å². The molecule has 3 aromatic rings. The fraction of sp³-hybridized carbons (Fsp3) is 0.176. The molecule has 0 bridgehead atoms. The summed E-state index contributed by atoms with van der Waals surface area (Å²) in [6.07, 6.45) is 1.71. The lowest BCUT2D eigenvalue weighted by atomic mass is 10.1. The molecule has 0 aliphatic heterocycles. The van der Waals surface area contributed by atoms with E-state index in [4.69, 9.17) is 0 Å². The van der Waals surface area contributed by atoms with Crippen LogP contribution in [0, 0.1) is 6.92 Å². The molecule has 0 fully saturated rings. The average molecular weight is 278 g/mol. The molecule has 21 heavy (non-hydrogen) atoms. The first-order chi connectivity index (χ1) is 10.2. The maximum atomic E-state index is 4.11. The zero-order valence-corrected chi connectivity index (χ0v) is 12.2. The van der Waals surface area contributed by atoms with Crippen molar-refractivity contribution in [2.45, 2.75) is 13.5 Å². The molecule has 0 saturated heterocycles. The fourth-order valence-electron chi connectivity index (χ4n) is 2.29. The second kappa shape index (κ2) is 5.79. The predicted octanol–water partition coefficient (Wildman–Crippen LogP) is 3.40. The van der Waals surface area contributed by atoms with Gasteiger partial charge in [-0.1, -0.05) is 24.3 Å². The van der Waals surface area contributed by atoms with Crippen LogP contribution in [0.3, 0.4) is 0 Å². The van der Waals surface area contributed by atoms with Gasteiger partial charge in [-0.25, -0.2) is 0 Å². The van der Waals surface area contributed by atoms with Crippen LogP contribution < -0.4 is 5.32 Å². The minimum Gasteiger partial charge on any atom is -0.381 e.